The van der Waals surface area contributed by atoms with Crippen LogP contribution in [0.4, 0.5) is 0 Å². The number of carbonyl (C=O) groups is 1. The summed E-state index contributed by atoms with van der Waals surface area (Å²) >= 11 is 0. The molecule has 142 valence electrons. The minimum atomic E-state index is -0.508. The highest BCUT2D eigenvalue weighted by molar-refractivity contribution is 5.91. The van der Waals surface area contributed by atoms with Crippen LogP contribution in [0.1, 0.15) is 29.4 Å². The van der Waals surface area contributed by atoms with Crippen LogP contribution in [-0.2, 0) is 0 Å². The molecule has 0 saturated heterocycles. The largest absolute Gasteiger partial charge is 0.493 e. The molecule has 0 fully saturated rings. The van der Waals surface area contributed by atoms with Gasteiger partial charge in [0.1, 0.15) is 6.04 Å². The second-order valence-corrected chi connectivity index (χ2v) is 5.54. The van der Waals surface area contributed by atoms with E-state index in [9.17, 15) is 4.79 Å². The predicted molar refractivity (Wildman–Crippen MR) is 94.0 cm³/mol. The Labute approximate surface area is 155 Å². The highest BCUT2D eigenvalue weighted by Crippen LogP contribution is 2.40. The van der Waals surface area contributed by atoms with E-state index < -0.39 is 6.04 Å². The first-order valence-corrected chi connectivity index (χ1v) is 8.05. The molecular formula is C18H19N3O6. The van der Waals surface area contributed by atoms with Crippen molar-refractivity contribution in [3.8, 4) is 28.6 Å². The molecule has 1 unspecified atom stereocenters. The molecule has 3 aromatic rings. The predicted octanol–water partition coefficient (Wildman–Crippen LogP) is 2.85. The highest BCUT2D eigenvalue weighted by Gasteiger charge is 2.21. The lowest BCUT2D eigenvalue weighted by Crippen LogP contribution is -2.26. The summed E-state index contributed by atoms with van der Waals surface area (Å²) in [7, 11) is 4.57. The van der Waals surface area contributed by atoms with Gasteiger partial charge in [-0.1, -0.05) is 5.16 Å². The minimum Gasteiger partial charge on any atom is -0.493 e. The van der Waals surface area contributed by atoms with Crippen molar-refractivity contribution in [1.29, 1.82) is 0 Å². The molecule has 1 aromatic carbocycles. The summed E-state index contributed by atoms with van der Waals surface area (Å²) < 4.78 is 26.3. The Kier molecular flexibility index (Phi) is 5.30. The van der Waals surface area contributed by atoms with Crippen LogP contribution in [0.2, 0.25) is 0 Å². The zero-order valence-electron chi connectivity index (χ0n) is 15.3. The Morgan fingerprint density at radius 1 is 1.15 bits per heavy atom. The third-order valence-electron chi connectivity index (χ3n) is 3.83. The van der Waals surface area contributed by atoms with E-state index in [4.69, 9.17) is 23.2 Å². The molecule has 1 amide bonds. The summed E-state index contributed by atoms with van der Waals surface area (Å²) in [6.45, 7) is 1.73. The van der Waals surface area contributed by atoms with Crippen LogP contribution >= 0.6 is 0 Å². The normalized spacial score (nSPS) is 11.7. The van der Waals surface area contributed by atoms with E-state index in [1.165, 1.54) is 27.6 Å². The number of rotatable bonds is 7. The van der Waals surface area contributed by atoms with Gasteiger partial charge in [-0.3, -0.25) is 4.79 Å². The van der Waals surface area contributed by atoms with Crippen LogP contribution in [0.5, 0.6) is 17.2 Å². The van der Waals surface area contributed by atoms with E-state index in [1.54, 1.807) is 31.2 Å². The Balaban J connectivity index is 1.84. The van der Waals surface area contributed by atoms with Gasteiger partial charge >= 0.3 is 0 Å². The van der Waals surface area contributed by atoms with Crippen molar-refractivity contribution in [3.63, 3.8) is 0 Å². The molecule has 9 nitrogen and oxygen atoms in total. The quantitative estimate of drug-likeness (QED) is 0.673. The van der Waals surface area contributed by atoms with Crippen molar-refractivity contribution in [2.24, 2.45) is 0 Å². The lowest BCUT2D eigenvalue weighted by atomic mass is 10.1. The van der Waals surface area contributed by atoms with Gasteiger partial charge in [-0.05, 0) is 31.2 Å². The molecule has 2 aromatic heterocycles. The molecule has 0 saturated carbocycles. The maximum Gasteiger partial charge on any atom is 0.287 e. The van der Waals surface area contributed by atoms with Crippen molar-refractivity contribution in [3.05, 3.63) is 42.2 Å². The first-order chi connectivity index (χ1) is 13.1. The zero-order chi connectivity index (χ0) is 19.4. The molecule has 9 heteroatoms. The topological polar surface area (TPSA) is 109 Å². The van der Waals surface area contributed by atoms with Crippen molar-refractivity contribution in [2.75, 3.05) is 21.3 Å². The van der Waals surface area contributed by atoms with Crippen molar-refractivity contribution >= 4 is 5.91 Å². The molecule has 3 rings (SSSR count). The summed E-state index contributed by atoms with van der Waals surface area (Å²) in [6, 6.07) is 6.11. The molecule has 0 aliphatic carbocycles. The number of hydrogen-bond acceptors (Lipinski definition) is 8. The first kappa shape index (κ1) is 18.3. The second-order valence-electron chi connectivity index (χ2n) is 5.54. The fraction of sp³-hybridized carbons (Fsp3) is 0.278. The average molecular weight is 373 g/mol. The van der Waals surface area contributed by atoms with Gasteiger partial charge in [0.2, 0.25) is 17.5 Å². The third-order valence-corrected chi connectivity index (χ3v) is 3.83. The van der Waals surface area contributed by atoms with E-state index in [0.29, 0.717) is 28.6 Å². The SMILES string of the molecule is COc1cc(-c2noc(C(C)NC(=O)c3ccco3)n2)cc(OC)c1OC. The number of nitrogens with one attached hydrogen (secondary N) is 1. The van der Waals surface area contributed by atoms with E-state index >= 15 is 0 Å². The van der Waals surface area contributed by atoms with E-state index in [2.05, 4.69) is 15.5 Å². The molecule has 1 atom stereocenters. The third kappa shape index (κ3) is 3.71. The van der Waals surface area contributed by atoms with Gasteiger partial charge in [0, 0.05) is 5.56 Å². The monoisotopic (exact) mass is 373 g/mol. The number of amides is 1. The minimum absolute atomic E-state index is 0.200. The van der Waals surface area contributed by atoms with Crippen molar-refractivity contribution in [1.82, 2.24) is 15.5 Å². The molecule has 2 heterocycles. The fourth-order valence-corrected chi connectivity index (χ4v) is 2.48. The number of carbonyl (C=O) groups excluding carboxylic acids is 1. The zero-order valence-corrected chi connectivity index (χ0v) is 15.3. The number of aromatic nitrogens is 2. The number of benzene rings is 1. The van der Waals surface area contributed by atoms with E-state index in [0.717, 1.165) is 0 Å². The Morgan fingerprint density at radius 2 is 1.85 bits per heavy atom. The molecule has 0 aliphatic rings. The summed E-state index contributed by atoms with van der Waals surface area (Å²) in [5.41, 5.74) is 0.615. The van der Waals surface area contributed by atoms with E-state index in [-0.39, 0.29) is 17.6 Å². The molecule has 1 N–H and O–H groups in total. The molecule has 0 bridgehead atoms. The molecular weight excluding hydrogens is 354 g/mol. The second kappa shape index (κ2) is 7.81. The van der Waals surface area contributed by atoms with Crippen LogP contribution in [0.25, 0.3) is 11.4 Å². The first-order valence-electron chi connectivity index (χ1n) is 8.05. The maximum atomic E-state index is 12.1. The summed E-state index contributed by atoms with van der Waals surface area (Å²) in [4.78, 5) is 16.4. The molecule has 27 heavy (non-hydrogen) atoms. The number of methoxy groups -OCH3 is 3. The summed E-state index contributed by atoms with van der Waals surface area (Å²) in [5.74, 6) is 1.80. The number of ether oxygens (including phenoxy) is 3. The lowest BCUT2D eigenvalue weighted by molar-refractivity contribution is 0.0904. The Morgan fingerprint density at radius 3 is 2.41 bits per heavy atom. The number of hydrogen-bond donors (Lipinski definition) is 1. The fourth-order valence-electron chi connectivity index (χ4n) is 2.48. The highest BCUT2D eigenvalue weighted by atomic mass is 16.5. The van der Waals surface area contributed by atoms with Gasteiger partial charge in [-0.25, -0.2) is 0 Å². The average Bonchev–Trinajstić information content (AvgIpc) is 3.38. The lowest BCUT2D eigenvalue weighted by Gasteiger charge is -2.12. The van der Waals surface area contributed by atoms with Crippen molar-refractivity contribution in [2.45, 2.75) is 13.0 Å². The molecule has 0 radical (unpaired) electrons. The van der Waals surface area contributed by atoms with Crippen LogP contribution in [-0.4, -0.2) is 37.4 Å². The van der Waals surface area contributed by atoms with Gasteiger partial charge in [-0.15, -0.1) is 0 Å². The smallest absolute Gasteiger partial charge is 0.287 e. The van der Waals surface area contributed by atoms with Gasteiger partial charge in [0.15, 0.2) is 17.3 Å². The summed E-state index contributed by atoms with van der Waals surface area (Å²) in [5, 5.41) is 6.70. The van der Waals surface area contributed by atoms with Crippen LogP contribution in [0.15, 0.2) is 39.5 Å². The number of furan rings is 1. The van der Waals surface area contributed by atoms with Gasteiger partial charge in [0.25, 0.3) is 5.91 Å². The van der Waals surface area contributed by atoms with Gasteiger partial charge in [-0.2, -0.15) is 4.98 Å². The maximum absolute atomic E-state index is 12.1. The van der Waals surface area contributed by atoms with Crippen LogP contribution < -0.4 is 19.5 Å². The standard InChI is InChI=1S/C18H19N3O6/c1-10(19-17(22)12-6-5-7-26-12)18-20-16(21-27-18)11-8-13(23-2)15(25-4)14(9-11)24-3/h5-10H,1-4H3,(H,19,22). The Bertz CT molecular complexity index is 894. The number of nitrogens with zero attached hydrogens (tertiary/aromatic N) is 2. The molecule has 0 aliphatic heterocycles. The van der Waals surface area contributed by atoms with Crippen molar-refractivity contribution < 1.29 is 27.9 Å². The van der Waals surface area contributed by atoms with Crippen LogP contribution in [0.3, 0.4) is 0 Å². The van der Waals surface area contributed by atoms with E-state index in [1.807, 2.05) is 0 Å². The molecule has 0 spiro atoms. The van der Waals surface area contributed by atoms with Gasteiger partial charge in [0.05, 0.1) is 27.6 Å². The van der Waals surface area contributed by atoms with Gasteiger partial charge < -0.3 is 28.5 Å². The Hall–Kier alpha value is -3.49. The van der Waals surface area contributed by atoms with Crippen LogP contribution in [0, 0.1) is 0 Å². The summed E-state index contributed by atoms with van der Waals surface area (Å²) in [6.07, 6.45) is 1.43.